The van der Waals surface area contributed by atoms with E-state index in [-0.39, 0.29) is 6.61 Å². The lowest BCUT2D eigenvalue weighted by molar-refractivity contribution is 0.270. The molecule has 2 aromatic rings. The van der Waals surface area contributed by atoms with E-state index in [1.807, 2.05) is 11.8 Å². The molecule has 0 aliphatic heterocycles. The van der Waals surface area contributed by atoms with Gasteiger partial charge in [-0.1, -0.05) is 18.2 Å². The van der Waals surface area contributed by atoms with Crippen LogP contribution in [-0.2, 0) is 6.54 Å². The van der Waals surface area contributed by atoms with Crippen LogP contribution in [0.15, 0.2) is 29.6 Å². The minimum Gasteiger partial charge on any atom is -0.396 e. The third-order valence-electron chi connectivity index (χ3n) is 2.99. The first-order valence-corrected chi connectivity index (χ1v) is 8.40. The lowest BCUT2D eigenvalue weighted by Crippen LogP contribution is -2.31. The van der Waals surface area contributed by atoms with Crippen molar-refractivity contribution in [3.05, 3.63) is 35.2 Å². The topological polar surface area (TPSA) is 32.3 Å². The normalized spacial score (nSPS) is 13.0. The van der Waals surface area contributed by atoms with E-state index in [2.05, 4.69) is 41.2 Å². The van der Waals surface area contributed by atoms with Crippen LogP contribution in [0, 0.1) is 0 Å². The molecule has 1 aromatic heterocycles. The monoisotopic (exact) mass is 281 g/mol. The number of fused-ring (bicyclic) bond motifs is 1. The highest BCUT2D eigenvalue weighted by Gasteiger charge is 2.08. The SMILES string of the molecule is CSCC(CCO)NCc1csc2ccccc12. The fourth-order valence-corrected chi connectivity index (χ4v) is 3.67. The van der Waals surface area contributed by atoms with E-state index in [0.29, 0.717) is 6.04 Å². The van der Waals surface area contributed by atoms with Gasteiger partial charge >= 0.3 is 0 Å². The summed E-state index contributed by atoms with van der Waals surface area (Å²) in [6.45, 7) is 1.14. The predicted molar refractivity (Wildman–Crippen MR) is 82.5 cm³/mol. The van der Waals surface area contributed by atoms with Gasteiger partial charge in [-0.05, 0) is 35.1 Å². The van der Waals surface area contributed by atoms with Crippen molar-refractivity contribution in [2.45, 2.75) is 19.0 Å². The van der Waals surface area contributed by atoms with Crippen LogP contribution in [0.3, 0.4) is 0 Å². The second-order valence-electron chi connectivity index (χ2n) is 4.30. The zero-order valence-electron chi connectivity index (χ0n) is 10.6. The summed E-state index contributed by atoms with van der Waals surface area (Å²) < 4.78 is 1.35. The van der Waals surface area contributed by atoms with Gasteiger partial charge < -0.3 is 10.4 Å². The van der Waals surface area contributed by atoms with E-state index >= 15 is 0 Å². The van der Waals surface area contributed by atoms with Crippen LogP contribution in [-0.4, -0.2) is 29.8 Å². The zero-order valence-corrected chi connectivity index (χ0v) is 12.2. The molecule has 0 spiro atoms. The molecule has 98 valence electrons. The Kier molecular flexibility index (Phi) is 5.50. The number of rotatable bonds is 7. The molecule has 0 fully saturated rings. The number of thiophene rings is 1. The Morgan fingerprint density at radius 2 is 2.22 bits per heavy atom. The summed E-state index contributed by atoms with van der Waals surface area (Å²) in [5.41, 5.74) is 1.36. The van der Waals surface area contributed by atoms with Crippen molar-refractivity contribution in [1.82, 2.24) is 5.32 Å². The minimum absolute atomic E-state index is 0.253. The first-order valence-electron chi connectivity index (χ1n) is 6.13. The number of thioether (sulfide) groups is 1. The van der Waals surface area contributed by atoms with E-state index in [9.17, 15) is 0 Å². The van der Waals surface area contributed by atoms with Gasteiger partial charge in [-0.25, -0.2) is 0 Å². The number of aliphatic hydroxyl groups excluding tert-OH is 1. The molecule has 4 heteroatoms. The van der Waals surface area contributed by atoms with Crippen molar-refractivity contribution >= 4 is 33.2 Å². The fraction of sp³-hybridized carbons (Fsp3) is 0.429. The van der Waals surface area contributed by atoms with E-state index < -0.39 is 0 Å². The second-order valence-corrected chi connectivity index (χ2v) is 6.12. The average Bonchev–Trinajstić information content (AvgIpc) is 2.80. The van der Waals surface area contributed by atoms with Crippen LogP contribution in [0.2, 0.25) is 0 Å². The van der Waals surface area contributed by atoms with Crippen LogP contribution in [0.1, 0.15) is 12.0 Å². The average molecular weight is 281 g/mol. The Bertz CT molecular complexity index is 477. The Morgan fingerprint density at radius 1 is 1.39 bits per heavy atom. The third kappa shape index (κ3) is 3.48. The molecular formula is C14H19NOS2. The minimum atomic E-state index is 0.253. The van der Waals surface area contributed by atoms with Crippen molar-refractivity contribution in [3.63, 3.8) is 0 Å². The predicted octanol–water partition coefficient (Wildman–Crippen LogP) is 3.10. The largest absolute Gasteiger partial charge is 0.396 e. The van der Waals surface area contributed by atoms with E-state index in [4.69, 9.17) is 5.11 Å². The van der Waals surface area contributed by atoms with E-state index in [1.165, 1.54) is 15.6 Å². The maximum Gasteiger partial charge on any atom is 0.0446 e. The number of hydrogen-bond acceptors (Lipinski definition) is 4. The summed E-state index contributed by atoms with van der Waals surface area (Å²) in [5.74, 6) is 1.04. The zero-order chi connectivity index (χ0) is 12.8. The molecule has 0 saturated carbocycles. The maximum absolute atomic E-state index is 9.05. The van der Waals surface area contributed by atoms with Crippen molar-refractivity contribution in [2.75, 3.05) is 18.6 Å². The highest BCUT2D eigenvalue weighted by atomic mass is 32.2. The molecule has 0 bridgehead atoms. The van der Waals surface area contributed by atoms with Gasteiger partial charge in [-0.15, -0.1) is 11.3 Å². The van der Waals surface area contributed by atoms with Gasteiger partial charge in [0.25, 0.3) is 0 Å². The van der Waals surface area contributed by atoms with Gasteiger partial charge in [-0.2, -0.15) is 11.8 Å². The molecule has 1 atom stereocenters. The quantitative estimate of drug-likeness (QED) is 0.818. The molecule has 1 unspecified atom stereocenters. The fourth-order valence-electron chi connectivity index (χ4n) is 2.03. The third-order valence-corrected chi connectivity index (χ3v) is 4.74. The van der Waals surface area contributed by atoms with Crippen LogP contribution in [0.25, 0.3) is 10.1 Å². The summed E-state index contributed by atoms with van der Waals surface area (Å²) in [6, 6.07) is 8.91. The summed E-state index contributed by atoms with van der Waals surface area (Å²) in [6.07, 6.45) is 2.93. The summed E-state index contributed by atoms with van der Waals surface area (Å²) >= 11 is 3.62. The number of nitrogens with one attached hydrogen (secondary N) is 1. The van der Waals surface area contributed by atoms with E-state index in [1.54, 1.807) is 11.3 Å². The summed E-state index contributed by atoms with van der Waals surface area (Å²) in [5, 5.41) is 16.2. The Labute approximate surface area is 116 Å². The Morgan fingerprint density at radius 3 is 3.00 bits per heavy atom. The van der Waals surface area contributed by atoms with Crippen molar-refractivity contribution < 1.29 is 5.11 Å². The molecule has 0 radical (unpaired) electrons. The molecule has 0 aliphatic carbocycles. The van der Waals surface area contributed by atoms with Crippen molar-refractivity contribution in [2.24, 2.45) is 0 Å². The van der Waals surface area contributed by atoms with Gasteiger partial charge in [0.1, 0.15) is 0 Å². The van der Waals surface area contributed by atoms with Crippen LogP contribution in [0.5, 0.6) is 0 Å². The molecule has 2 rings (SSSR count). The number of benzene rings is 1. The van der Waals surface area contributed by atoms with Gasteiger partial charge in [0.05, 0.1) is 0 Å². The van der Waals surface area contributed by atoms with Crippen LogP contribution < -0.4 is 5.32 Å². The molecule has 2 nitrogen and oxygen atoms in total. The van der Waals surface area contributed by atoms with Crippen molar-refractivity contribution in [1.29, 1.82) is 0 Å². The van der Waals surface area contributed by atoms with Crippen molar-refractivity contribution in [3.8, 4) is 0 Å². The van der Waals surface area contributed by atoms with Gasteiger partial charge in [0, 0.05) is 29.6 Å². The summed E-state index contributed by atoms with van der Waals surface area (Å²) in [7, 11) is 0. The van der Waals surface area contributed by atoms with Crippen LogP contribution in [0.4, 0.5) is 0 Å². The Balaban J connectivity index is 2.00. The lowest BCUT2D eigenvalue weighted by Gasteiger charge is -2.16. The number of hydrogen-bond donors (Lipinski definition) is 2. The highest BCUT2D eigenvalue weighted by Crippen LogP contribution is 2.25. The molecule has 2 N–H and O–H groups in total. The molecule has 1 heterocycles. The van der Waals surface area contributed by atoms with Gasteiger partial charge in [-0.3, -0.25) is 0 Å². The first kappa shape index (κ1) is 13.9. The number of aliphatic hydroxyl groups is 1. The summed E-state index contributed by atoms with van der Waals surface area (Å²) in [4.78, 5) is 0. The molecule has 18 heavy (non-hydrogen) atoms. The molecule has 1 aromatic carbocycles. The van der Waals surface area contributed by atoms with Gasteiger partial charge in [0.15, 0.2) is 0 Å². The first-order chi connectivity index (χ1) is 8.85. The smallest absolute Gasteiger partial charge is 0.0446 e. The van der Waals surface area contributed by atoms with E-state index in [0.717, 1.165) is 18.7 Å². The Hall–Kier alpha value is -0.550. The molecule has 0 aliphatic rings. The second kappa shape index (κ2) is 7.14. The standard InChI is InChI=1S/C14H19NOS2/c1-17-10-12(6-7-16)15-8-11-9-18-14-5-3-2-4-13(11)14/h2-5,9,12,15-16H,6-8,10H2,1H3. The highest BCUT2D eigenvalue weighted by molar-refractivity contribution is 7.98. The molecule has 0 saturated heterocycles. The van der Waals surface area contributed by atoms with Crippen LogP contribution >= 0.6 is 23.1 Å². The van der Waals surface area contributed by atoms with Gasteiger partial charge in [0.2, 0.25) is 0 Å². The molecule has 0 amide bonds. The molecular weight excluding hydrogens is 262 g/mol. The lowest BCUT2D eigenvalue weighted by atomic mass is 10.1. The maximum atomic E-state index is 9.05.